The number of amides is 1. The highest BCUT2D eigenvalue weighted by Crippen LogP contribution is 2.30. The molecule has 6 heteroatoms. The van der Waals surface area contributed by atoms with E-state index < -0.39 is 12.1 Å². The number of carbonyl (C=O) groups is 2. The molecule has 0 saturated carbocycles. The van der Waals surface area contributed by atoms with Crippen LogP contribution in [0.5, 0.6) is 0 Å². The van der Waals surface area contributed by atoms with E-state index in [-0.39, 0.29) is 18.3 Å². The molecule has 1 saturated heterocycles. The Morgan fingerprint density at radius 2 is 1.72 bits per heavy atom. The van der Waals surface area contributed by atoms with Gasteiger partial charge in [-0.2, -0.15) is 0 Å². The number of hydrogen-bond donors (Lipinski definition) is 0. The molecule has 1 aliphatic heterocycles. The molecule has 1 aliphatic rings. The summed E-state index contributed by atoms with van der Waals surface area (Å²) in [5, 5.41) is 0.795. The summed E-state index contributed by atoms with van der Waals surface area (Å²) in [5.41, 5.74) is 1.84. The molecule has 0 radical (unpaired) electrons. The molecule has 29 heavy (non-hydrogen) atoms. The molecule has 1 amide bonds. The summed E-state index contributed by atoms with van der Waals surface area (Å²) in [6.45, 7) is 1.57. The molecule has 0 aliphatic carbocycles. The first-order valence-corrected chi connectivity index (χ1v) is 9.73. The lowest BCUT2D eigenvalue weighted by Crippen LogP contribution is -2.35. The van der Waals surface area contributed by atoms with Crippen LogP contribution >= 0.6 is 0 Å². The Morgan fingerprint density at radius 3 is 2.45 bits per heavy atom. The van der Waals surface area contributed by atoms with Crippen LogP contribution in [0.2, 0.25) is 0 Å². The molecule has 2 heterocycles. The molecule has 2 aromatic carbocycles. The van der Waals surface area contributed by atoms with Crippen molar-refractivity contribution in [2.45, 2.75) is 25.6 Å². The largest absolute Gasteiger partial charge is 0.449 e. The van der Waals surface area contributed by atoms with Gasteiger partial charge in [-0.3, -0.25) is 4.79 Å². The van der Waals surface area contributed by atoms with Gasteiger partial charge in [-0.05, 0) is 18.9 Å². The summed E-state index contributed by atoms with van der Waals surface area (Å²) < 4.78 is 16.8. The standard InChI is InChI=1S/C23H23NO5/c1-27-15-18-17-11-5-6-12-19(17)28-21(18)23(26)29-20(16-9-3-2-4-10-16)22(25)24-13-7-8-14-24/h2-6,9-12,20H,7-8,13-15H2,1H3/t20-/m1/s1. The van der Waals surface area contributed by atoms with E-state index in [0.29, 0.717) is 29.8 Å². The van der Waals surface area contributed by atoms with Crippen LogP contribution in [-0.2, 0) is 20.9 Å². The Morgan fingerprint density at radius 1 is 1.03 bits per heavy atom. The van der Waals surface area contributed by atoms with Crippen LogP contribution in [0.15, 0.2) is 59.0 Å². The first-order valence-electron chi connectivity index (χ1n) is 9.73. The maximum absolute atomic E-state index is 13.1. The van der Waals surface area contributed by atoms with Crippen LogP contribution in [0.4, 0.5) is 0 Å². The highest BCUT2D eigenvalue weighted by atomic mass is 16.6. The predicted molar refractivity (Wildman–Crippen MR) is 107 cm³/mol. The summed E-state index contributed by atoms with van der Waals surface area (Å²) in [6, 6.07) is 16.5. The number of ether oxygens (including phenoxy) is 2. The smallest absolute Gasteiger partial charge is 0.375 e. The third kappa shape index (κ3) is 3.89. The molecule has 0 N–H and O–H groups in total. The van der Waals surface area contributed by atoms with E-state index in [2.05, 4.69) is 0 Å². The molecule has 1 fully saturated rings. The molecule has 6 nitrogen and oxygen atoms in total. The van der Waals surface area contributed by atoms with Gasteiger partial charge in [0.2, 0.25) is 11.9 Å². The first-order chi connectivity index (χ1) is 14.2. The number of carbonyl (C=O) groups excluding carboxylic acids is 2. The van der Waals surface area contributed by atoms with Crippen LogP contribution in [0.3, 0.4) is 0 Å². The number of fused-ring (bicyclic) bond motifs is 1. The summed E-state index contributed by atoms with van der Waals surface area (Å²) in [5.74, 6) is -0.802. The van der Waals surface area contributed by atoms with E-state index in [1.54, 1.807) is 30.2 Å². The van der Waals surface area contributed by atoms with Crippen molar-refractivity contribution in [3.63, 3.8) is 0 Å². The lowest BCUT2D eigenvalue weighted by molar-refractivity contribution is -0.140. The number of rotatable bonds is 6. The fourth-order valence-electron chi connectivity index (χ4n) is 3.70. The van der Waals surface area contributed by atoms with Crippen molar-refractivity contribution in [1.29, 1.82) is 0 Å². The minimum Gasteiger partial charge on any atom is -0.449 e. The van der Waals surface area contributed by atoms with Gasteiger partial charge in [0, 0.05) is 36.7 Å². The number of esters is 1. The van der Waals surface area contributed by atoms with Gasteiger partial charge >= 0.3 is 5.97 Å². The minimum atomic E-state index is -1.01. The average Bonchev–Trinajstić information content (AvgIpc) is 3.41. The van der Waals surface area contributed by atoms with E-state index >= 15 is 0 Å². The van der Waals surface area contributed by atoms with Crippen LogP contribution in [-0.4, -0.2) is 37.0 Å². The van der Waals surface area contributed by atoms with Crippen molar-refractivity contribution in [3.05, 3.63) is 71.5 Å². The second-order valence-electron chi connectivity index (χ2n) is 7.07. The molecule has 0 bridgehead atoms. The van der Waals surface area contributed by atoms with Gasteiger partial charge in [0.05, 0.1) is 6.61 Å². The fourth-order valence-corrected chi connectivity index (χ4v) is 3.70. The molecular formula is C23H23NO5. The molecule has 150 valence electrons. The van der Waals surface area contributed by atoms with Crippen LogP contribution in [0, 0.1) is 0 Å². The molecule has 1 atom stereocenters. The molecule has 4 rings (SSSR count). The summed E-state index contributed by atoms with van der Waals surface area (Å²) in [7, 11) is 1.56. The van der Waals surface area contributed by atoms with Crippen LogP contribution in [0.1, 0.15) is 40.6 Å². The Labute approximate surface area is 169 Å². The Hall–Kier alpha value is -3.12. The van der Waals surface area contributed by atoms with E-state index in [0.717, 1.165) is 18.2 Å². The molecule has 3 aromatic rings. The number of benzene rings is 2. The lowest BCUT2D eigenvalue weighted by atomic mass is 10.1. The predicted octanol–water partition coefficient (Wildman–Crippen LogP) is 4.10. The second-order valence-corrected chi connectivity index (χ2v) is 7.07. The summed E-state index contributed by atoms with van der Waals surface area (Å²) >= 11 is 0. The number of methoxy groups -OCH3 is 1. The zero-order chi connectivity index (χ0) is 20.2. The fraction of sp³-hybridized carbons (Fsp3) is 0.304. The SMILES string of the molecule is COCc1c(C(=O)O[C@@H](C(=O)N2CCCC2)c2ccccc2)oc2ccccc12. The third-order valence-corrected chi connectivity index (χ3v) is 5.14. The minimum absolute atomic E-state index is 0.0724. The van der Waals surface area contributed by atoms with Gasteiger partial charge in [-0.1, -0.05) is 48.5 Å². The van der Waals surface area contributed by atoms with Gasteiger partial charge in [0.1, 0.15) is 5.58 Å². The second kappa shape index (κ2) is 8.49. The zero-order valence-electron chi connectivity index (χ0n) is 16.3. The quantitative estimate of drug-likeness (QED) is 0.590. The maximum atomic E-state index is 13.1. The molecule has 0 unspecified atom stereocenters. The first kappa shape index (κ1) is 19.2. The highest BCUT2D eigenvalue weighted by Gasteiger charge is 2.33. The average molecular weight is 393 g/mol. The number of hydrogen-bond acceptors (Lipinski definition) is 5. The van der Waals surface area contributed by atoms with Gasteiger partial charge in [0.15, 0.2) is 0 Å². The number of para-hydroxylation sites is 1. The van der Waals surface area contributed by atoms with Crippen molar-refractivity contribution in [1.82, 2.24) is 4.90 Å². The van der Waals surface area contributed by atoms with Crippen LogP contribution < -0.4 is 0 Å². The topological polar surface area (TPSA) is 69.0 Å². The van der Waals surface area contributed by atoms with E-state index in [1.807, 2.05) is 36.4 Å². The Kier molecular flexibility index (Phi) is 5.62. The van der Waals surface area contributed by atoms with Crippen LogP contribution in [0.25, 0.3) is 11.0 Å². The van der Waals surface area contributed by atoms with E-state index in [9.17, 15) is 9.59 Å². The maximum Gasteiger partial charge on any atom is 0.375 e. The van der Waals surface area contributed by atoms with Gasteiger partial charge in [0.25, 0.3) is 5.91 Å². The Bertz CT molecular complexity index is 1000. The van der Waals surface area contributed by atoms with Crippen molar-refractivity contribution in [2.75, 3.05) is 20.2 Å². The van der Waals surface area contributed by atoms with Crippen molar-refractivity contribution in [3.8, 4) is 0 Å². The third-order valence-electron chi connectivity index (χ3n) is 5.14. The molecule has 0 spiro atoms. The summed E-state index contributed by atoms with van der Waals surface area (Å²) in [6.07, 6.45) is 0.913. The van der Waals surface area contributed by atoms with Gasteiger partial charge in [-0.15, -0.1) is 0 Å². The molecule has 1 aromatic heterocycles. The van der Waals surface area contributed by atoms with Gasteiger partial charge in [-0.25, -0.2) is 4.79 Å². The number of nitrogens with zero attached hydrogens (tertiary/aromatic N) is 1. The van der Waals surface area contributed by atoms with E-state index in [4.69, 9.17) is 13.9 Å². The Balaban J connectivity index is 1.67. The normalized spacial score (nSPS) is 14.9. The van der Waals surface area contributed by atoms with Crippen molar-refractivity contribution in [2.24, 2.45) is 0 Å². The van der Waals surface area contributed by atoms with Gasteiger partial charge < -0.3 is 18.8 Å². The van der Waals surface area contributed by atoms with E-state index in [1.165, 1.54) is 0 Å². The lowest BCUT2D eigenvalue weighted by Gasteiger charge is -2.23. The summed E-state index contributed by atoms with van der Waals surface area (Å²) in [4.78, 5) is 27.9. The molecular weight excluding hydrogens is 370 g/mol. The van der Waals surface area contributed by atoms with Crippen molar-refractivity contribution < 1.29 is 23.5 Å². The number of furan rings is 1. The zero-order valence-corrected chi connectivity index (χ0v) is 16.3. The number of likely N-dealkylation sites (tertiary alicyclic amines) is 1. The highest BCUT2D eigenvalue weighted by molar-refractivity contribution is 5.97. The van der Waals surface area contributed by atoms with Crippen molar-refractivity contribution >= 4 is 22.8 Å². The monoisotopic (exact) mass is 393 g/mol.